The largest absolute Gasteiger partial charge is 0.323 e. The number of nitrogens with zero attached hydrogens (tertiary/aromatic N) is 1. The minimum Gasteiger partial charge on any atom is -0.308 e. The third kappa shape index (κ3) is 4.83. The van der Waals surface area contributed by atoms with E-state index in [2.05, 4.69) is 27.7 Å². The second-order valence-electron chi connectivity index (χ2n) is 5.98. The Morgan fingerprint density at radius 1 is 0.826 bits per heavy atom. The molecule has 2 aromatic rings. The quantitative estimate of drug-likeness (QED) is 0.883. The van der Waals surface area contributed by atoms with Crippen molar-refractivity contribution in [2.45, 2.75) is 25.8 Å². The first kappa shape index (κ1) is 15.6. The van der Waals surface area contributed by atoms with Crippen LogP contribution in [0.25, 0.3) is 0 Å². The van der Waals surface area contributed by atoms with Crippen molar-refractivity contribution in [2.24, 2.45) is 0 Å². The second-order valence-corrected chi connectivity index (χ2v) is 5.98. The van der Waals surface area contributed by atoms with Gasteiger partial charge in [-0.15, -0.1) is 0 Å². The molecular weight excluding hydrogens is 286 g/mol. The van der Waals surface area contributed by atoms with Crippen LogP contribution in [-0.4, -0.2) is 24.0 Å². The number of urea groups is 1. The highest BCUT2D eigenvalue weighted by Gasteiger charge is 2.10. The van der Waals surface area contributed by atoms with Crippen molar-refractivity contribution < 1.29 is 4.79 Å². The molecule has 1 heterocycles. The number of carbonyl (C=O) groups is 1. The van der Waals surface area contributed by atoms with Crippen LogP contribution in [0.15, 0.2) is 54.6 Å². The molecule has 1 saturated heterocycles. The van der Waals surface area contributed by atoms with Gasteiger partial charge in [0.05, 0.1) is 0 Å². The molecular formula is C19H23N3O. The number of piperidine rings is 1. The van der Waals surface area contributed by atoms with Crippen LogP contribution in [0.3, 0.4) is 0 Å². The molecule has 0 aromatic heterocycles. The average molecular weight is 309 g/mol. The summed E-state index contributed by atoms with van der Waals surface area (Å²) < 4.78 is 0. The molecule has 0 aliphatic carbocycles. The average Bonchev–Trinajstić information content (AvgIpc) is 2.58. The Morgan fingerprint density at radius 2 is 1.43 bits per heavy atom. The van der Waals surface area contributed by atoms with Crippen molar-refractivity contribution in [1.82, 2.24) is 4.90 Å². The maximum absolute atomic E-state index is 12.0. The van der Waals surface area contributed by atoms with Crippen molar-refractivity contribution >= 4 is 17.4 Å². The predicted octanol–water partition coefficient (Wildman–Crippen LogP) is 4.32. The van der Waals surface area contributed by atoms with Gasteiger partial charge in [0, 0.05) is 17.9 Å². The first-order valence-corrected chi connectivity index (χ1v) is 8.24. The predicted molar refractivity (Wildman–Crippen MR) is 94.7 cm³/mol. The second kappa shape index (κ2) is 7.79. The summed E-state index contributed by atoms with van der Waals surface area (Å²) in [7, 11) is 0. The summed E-state index contributed by atoms with van der Waals surface area (Å²) in [6.07, 6.45) is 3.97. The highest BCUT2D eigenvalue weighted by atomic mass is 16.2. The number of nitrogens with one attached hydrogen (secondary N) is 2. The van der Waals surface area contributed by atoms with Gasteiger partial charge in [-0.25, -0.2) is 4.79 Å². The van der Waals surface area contributed by atoms with E-state index in [1.165, 1.54) is 37.9 Å². The van der Waals surface area contributed by atoms with Gasteiger partial charge in [0.2, 0.25) is 0 Å². The lowest BCUT2D eigenvalue weighted by Crippen LogP contribution is -2.29. The zero-order chi connectivity index (χ0) is 15.9. The van der Waals surface area contributed by atoms with Crippen molar-refractivity contribution in [2.75, 3.05) is 23.7 Å². The Morgan fingerprint density at radius 3 is 2.09 bits per heavy atom. The topological polar surface area (TPSA) is 44.4 Å². The smallest absolute Gasteiger partial charge is 0.308 e. The van der Waals surface area contributed by atoms with E-state index >= 15 is 0 Å². The van der Waals surface area contributed by atoms with Gasteiger partial charge in [0.1, 0.15) is 0 Å². The Bertz CT molecular complexity index is 619. The molecule has 3 rings (SSSR count). The number of hydrogen-bond acceptors (Lipinski definition) is 2. The van der Waals surface area contributed by atoms with Crippen LogP contribution in [0.1, 0.15) is 24.8 Å². The molecule has 2 amide bonds. The van der Waals surface area contributed by atoms with Gasteiger partial charge in [-0.05, 0) is 55.8 Å². The van der Waals surface area contributed by atoms with E-state index in [4.69, 9.17) is 0 Å². The molecule has 23 heavy (non-hydrogen) atoms. The van der Waals surface area contributed by atoms with Gasteiger partial charge < -0.3 is 10.6 Å². The number of para-hydroxylation sites is 1. The molecule has 1 aliphatic heterocycles. The fourth-order valence-electron chi connectivity index (χ4n) is 2.88. The first-order chi connectivity index (χ1) is 11.3. The van der Waals surface area contributed by atoms with Gasteiger partial charge in [-0.3, -0.25) is 4.90 Å². The van der Waals surface area contributed by atoms with E-state index in [0.29, 0.717) is 0 Å². The minimum atomic E-state index is -0.222. The number of likely N-dealkylation sites (tertiary alicyclic amines) is 1. The summed E-state index contributed by atoms with van der Waals surface area (Å²) >= 11 is 0. The zero-order valence-electron chi connectivity index (χ0n) is 13.3. The van der Waals surface area contributed by atoms with E-state index in [1.54, 1.807) is 0 Å². The third-order valence-corrected chi connectivity index (χ3v) is 4.10. The highest BCUT2D eigenvalue weighted by molar-refractivity contribution is 5.99. The number of rotatable bonds is 4. The fraction of sp³-hybridized carbons (Fsp3) is 0.316. The van der Waals surface area contributed by atoms with Gasteiger partial charge in [-0.1, -0.05) is 36.8 Å². The van der Waals surface area contributed by atoms with E-state index in [9.17, 15) is 4.79 Å². The summed E-state index contributed by atoms with van der Waals surface area (Å²) in [4.78, 5) is 14.4. The van der Waals surface area contributed by atoms with Crippen LogP contribution in [0.5, 0.6) is 0 Å². The van der Waals surface area contributed by atoms with Crippen molar-refractivity contribution in [3.05, 3.63) is 60.2 Å². The highest BCUT2D eigenvalue weighted by Crippen LogP contribution is 2.15. The standard InChI is InChI=1S/C19H23N3O/c23-19(20-17-7-3-1-4-8-17)21-18-11-9-16(10-12-18)15-22-13-5-2-6-14-22/h1,3-4,7-12H,2,5-6,13-15H2,(H2,20,21,23). The maximum Gasteiger partial charge on any atom is 0.323 e. The van der Waals surface area contributed by atoms with Gasteiger partial charge >= 0.3 is 6.03 Å². The molecule has 2 aromatic carbocycles. The molecule has 1 aliphatic rings. The van der Waals surface area contributed by atoms with E-state index in [0.717, 1.165) is 17.9 Å². The van der Waals surface area contributed by atoms with Crippen LogP contribution in [0.2, 0.25) is 0 Å². The van der Waals surface area contributed by atoms with Crippen LogP contribution < -0.4 is 10.6 Å². The van der Waals surface area contributed by atoms with Crippen molar-refractivity contribution in [1.29, 1.82) is 0 Å². The van der Waals surface area contributed by atoms with Crippen molar-refractivity contribution in [3.8, 4) is 0 Å². The van der Waals surface area contributed by atoms with E-state index < -0.39 is 0 Å². The minimum absolute atomic E-state index is 0.222. The zero-order valence-corrected chi connectivity index (χ0v) is 13.3. The van der Waals surface area contributed by atoms with Gasteiger partial charge in [-0.2, -0.15) is 0 Å². The summed E-state index contributed by atoms with van der Waals surface area (Å²) in [6.45, 7) is 3.38. The monoisotopic (exact) mass is 309 g/mol. The Labute approximate surface area is 137 Å². The molecule has 0 saturated carbocycles. The van der Waals surface area contributed by atoms with E-state index in [-0.39, 0.29) is 6.03 Å². The number of hydrogen-bond donors (Lipinski definition) is 2. The lowest BCUT2D eigenvalue weighted by molar-refractivity contribution is 0.221. The lowest BCUT2D eigenvalue weighted by atomic mass is 10.1. The molecule has 0 unspecified atom stereocenters. The Balaban J connectivity index is 1.51. The number of anilines is 2. The Hall–Kier alpha value is -2.33. The molecule has 4 heteroatoms. The number of amides is 2. The molecule has 4 nitrogen and oxygen atoms in total. The molecule has 0 bridgehead atoms. The number of carbonyl (C=O) groups excluding carboxylic acids is 1. The maximum atomic E-state index is 12.0. The van der Waals surface area contributed by atoms with Crippen LogP contribution in [0.4, 0.5) is 16.2 Å². The summed E-state index contributed by atoms with van der Waals surface area (Å²) in [5.41, 5.74) is 2.88. The molecule has 0 radical (unpaired) electrons. The lowest BCUT2D eigenvalue weighted by Gasteiger charge is -2.26. The summed E-state index contributed by atoms with van der Waals surface area (Å²) in [6, 6.07) is 17.3. The summed E-state index contributed by atoms with van der Waals surface area (Å²) in [5, 5.41) is 5.67. The van der Waals surface area contributed by atoms with Crippen LogP contribution in [0, 0.1) is 0 Å². The SMILES string of the molecule is O=C(Nc1ccccc1)Nc1ccc(CN2CCCCC2)cc1. The first-order valence-electron chi connectivity index (χ1n) is 8.24. The molecule has 120 valence electrons. The normalized spacial score (nSPS) is 15.1. The van der Waals surface area contributed by atoms with E-state index in [1.807, 2.05) is 42.5 Å². The third-order valence-electron chi connectivity index (χ3n) is 4.10. The fourth-order valence-corrected chi connectivity index (χ4v) is 2.88. The number of benzene rings is 2. The van der Waals surface area contributed by atoms with Crippen molar-refractivity contribution in [3.63, 3.8) is 0 Å². The Kier molecular flexibility index (Phi) is 5.27. The molecule has 0 atom stereocenters. The van der Waals surface area contributed by atoms with Gasteiger partial charge in [0.15, 0.2) is 0 Å². The molecule has 0 spiro atoms. The molecule has 2 N–H and O–H groups in total. The summed E-state index contributed by atoms with van der Waals surface area (Å²) in [5.74, 6) is 0. The van der Waals surface area contributed by atoms with Gasteiger partial charge in [0.25, 0.3) is 0 Å². The van der Waals surface area contributed by atoms with Crippen LogP contribution >= 0.6 is 0 Å². The molecule has 1 fully saturated rings. The van der Waals surface area contributed by atoms with Crippen LogP contribution in [-0.2, 0) is 6.54 Å².